The molecule has 2 heterocycles. The Morgan fingerprint density at radius 3 is 2.65 bits per heavy atom. The second kappa shape index (κ2) is 5.25. The van der Waals surface area contributed by atoms with Crippen molar-refractivity contribution in [3.8, 4) is 5.69 Å². The number of nitrogens with zero attached hydrogens (tertiary/aromatic N) is 5. The summed E-state index contributed by atoms with van der Waals surface area (Å²) in [5, 5.41) is 18.0. The number of carboxylic acids is 1. The fourth-order valence-corrected chi connectivity index (χ4v) is 2.56. The van der Waals surface area contributed by atoms with Crippen molar-refractivity contribution in [3.05, 3.63) is 47.2 Å². The summed E-state index contributed by atoms with van der Waals surface area (Å²) in [4.78, 5) is 16.0. The molecule has 0 unspecified atom stereocenters. The van der Waals surface area contributed by atoms with Crippen LogP contribution in [0.3, 0.4) is 0 Å². The number of aryl methyl sites for hydroxylation is 1. The lowest BCUT2D eigenvalue weighted by molar-refractivity contribution is 0.0689. The largest absolute Gasteiger partial charge is 0.476 e. The summed E-state index contributed by atoms with van der Waals surface area (Å²) in [7, 11) is 0. The van der Waals surface area contributed by atoms with Gasteiger partial charge in [-0.15, -0.1) is 5.10 Å². The van der Waals surface area contributed by atoms with Gasteiger partial charge in [0.25, 0.3) is 0 Å². The maximum absolute atomic E-state index is 11.1. The molecule has 0 aliphatic carbocycles. The van der Waals surface area contributed by atoms with Crippen molar-refractivity contribution in [2.45, 2.75) is 26.8 Å². The van der Waals surface area contributed by atoms with E-state index in [1.54, 1.807) is 6.92 Å². The smallest absolute Gasteiger partial charge is 0.358 e. The van der Waals surface area contributed by atoms with Crippen molar-refractivity contribution < 1.29 is 9.90 Å². The van der Waals surface area contributed by atoms with E-state index in [1.807, 2.05) is 29.0 Å². The molecule has 0 saturated heterocycles. The van der Waals surface area contributed by atoms with E-state index in [2.05, 4.69) is 28.9 Å². The predicted molar refractivity (Wildman–Crippen MR) is 85.2 cm³/mol. The van der Waals surface area contributed by atoms with Gasteiger partial charge in [0.15, 0.2) is 5.69 Å². The van der Waals surface area contributed by atoms with Gasteiger partial charge in [-0.05, 0) is 39.0 Å². The predicted octanol–water partition coefficient (Wildman–Crippen LogP) is 3.36. The van der Waals surface area contributed by atoms with Crippen molar-refractivity contribution >= 4 is 22.6 Å². The molecule has 0 amide bonds. The number of hydrogen-bond acceptors (Lipinski definition) is 3. The minimum atomic E-state index is -1.11. The lowest BCUT2D eigenvalue weighted by atomic mass is 10.2. The van der Waals surface area contributed by atoms with Gasteiger partial charge in [-0.3, -0.25) is 0 Å². The van der Waals surface area contributed by atoms with Crippen molar-refractivity contribution in [1.82, 2.24) is 19.6 Å². The van der Waals surface area contributed by atoms with Crippen LogP contribution in [-0.4, -0.2) is 30.6 Å². The second-order valence-electron chi connectivity index (χ2n) is 5.56. The molecule has 0 fully saturated rings. The molecular weight excluding hydrogens is 294 g/mol. The summed E-state index contributed by atoms with van der Waals surface area (Å²) < 4.78 is 2.04. The highest BCUT2D eigenvalue weighted by Crippen LogP contribution is 2.32. The Hall–Kier alpha value is -3.14. The molecule has 23 heavy (non-hydrogen) atoms. The summed E-state index contributed by atoms with van der Waals surface area (Å²) in [6.07, 6.45) is 1.83. The molecule has 3 rings (SSSR count). The number of benzene rings is 1. The molecule has 0 atom stereocenters. The van der Waals surface area contributed by atoms with Crippen LogP contribution in [0.15, 0.2) is 24.4 Å². The minimum Gasteiger partial charge on any atom is -0.476 e. The van der Waals surface area contributed by atoms with Gasteiger partial charge in [0.05, 0.1) is 18.0 Å². The molecule has 3 aromatic rings. The first-order valence-electron chi connectivity index (χ1n) is 7.12. The summed E-state index contributed by atoms with van der Waals surface area (Å²) in [5.74, 6) is -1.11. The molecule has 0 aliphatic heterocycles. The van der Waals surface area contributed by atoms with Crippen molar-refractivity contribution in [3.63, 3.8) is 0 Å². The lowest BCUT2D eigenvalue weighted by Crippen LogP contribution is -2.02. The zero-order chi connectivity index (χ0) is 16.7. The van der Waals surface area contributed by atoms with E-state index in [9.17, 15) is 4.79 Å². The van der Waals surface area contributed by atoms with E-state index in [0.717, 1.165) is 10.9 Å². The summed E-state index contributed by atoms with van der Waals surface area (Å²) in [6.45, 7) is 13.1. The zero-order valence-electron chi connectivity index (χ0n) is 13.0. The Morgan fingerprint density at radius 1 is 1.35 bits per heavy atom. The first-order chi connectivity index (χ1) is 10.9. The third kappa shape index (κ3) is 2.34. The molecule has 7 heteroatoms. The summed E-state index contributed by atoms with van der Waals surface area (Å²) >= 11 is 0. The number of rotatable bonds is 3. The lowest BCUT2D eigenvalue weighted by Gasteiger charge is -2.09. The highest BCUT2D eigenvalue weighted by Gasteiger charge is 2.16. The van der Waals surface area contributed by atoms with Gasteiger partial charge in [0.2, 0.25) is 5.69 Å². The van der Waals surface area contributed by atoms with Crippen molar-refractivity contribution in [1.29, 1.82) is 0 Å². The Bertz CT molecular complexity index is 959. The van der Waals surface area contributed by atoms with Gasteiger partial charge in [-0.2, -0.15) is 9.90 Å². The molecular formula is C16H15N5O2. The first-order valence-corrected chi connectivity index (χ1v) is 7.12. The van der Waals surface area contributed by atoms with Crippen molar-refractivity contribution in [2.75, 3.05) is 0 Å². The summed E-state index contributed by atoms with van der Waals surface area (Å²) in [5.41, 5.74) is 2.41. The van der Waals surface area contributed by atoms with Gasteiger partial charge in [-0.1, -0.05) is 0 Å². The van der Waals surface area contributed by atoms with E-state index >= 15 is 0 Å². The quantitative estimate of drug-likeness (QED) is 0.753. The molecule has 0 saturated carbocycles. The number of carboxylic acid groups (broad SMARTS) is 1. The topological polar surface area (TPSA) is 77.3 Å². The molecule has 0 radical (unpaired) electrons. The molecule has 116 valence electrons. The monoisotopic (exact) mass is 309 g/mol. The Morgan fingerprint density at radius 2 is 2.09 bits per heavy atom. The highest BCUT2D eigenvalue weighted by atomic mass is 16.4. The average molecular weight is 309 g/mol. The maximum atomic E-state index is 11.1. The number of carbonyl (C=O) groups is 1. The standard InChI is InChI=1S/C16H15N5O2/c1-9(2)20-8-13(17-4)12-7-11(5-6-14(12)20)21-18-10(3)15(19-21)16(22)23/h5-9H,1-3H3,(H,22,23). The first kappa shape index (κ1) is 14.8. The maximum Gasteiger partial charge on any atom is 0.358 e. The Labute approximate surface area is 132 Å². The van der Waals surface area contributed by atoms with E-state index in [4.69, 9.17) is 11.7 Å². The van der Waals surface area contributed by atoms with Gasteiger partial charge < -0.3 is 9.67 Å². The van der Waals surface area contributed by atoms with Crippen LogP contribution in [0.25, 0.3) is 21.4 Å². The fourth-order valence-electron chi connectivity index (χ4n) is 2.56. The molecule has 1 aromatic carbocycles. The number of fused-ring (bicyclic) bond motifs is 1. The van der Waals surface area contributed by atoms with E-state index in [1.165, 1.54) is 4.80 Å². The van der Waals surface area contributed by atoms with Crippen LogP contribution in [0, 0.1) is 13.5 Å². The highest BCUT2D eigenvalue weighted by molar-refractivity contribution is 5.95. The number of hydrogen-bond donors (Lipinski definition) is 1. The molecule has 2 aromatic heterocycles. The Kier molecular flexibility index (Phi) is 3.37. The van der Waals surface area contributed by atoms with Crippen molar-refractivity contribution in [2.24, 2.45) is 0 Å². The van der Waals surface area contributed by atoms with Gasteiger partial charge in [-0.25, -0.2) is 9.64 Å². The number of aromatic carboxylic acids is 1. The normalized spacial score (nSPS) is 11.1. The van der Waals surface area contributed by atoms with Crippen LogP contribution in [0.5, 0.6) is 0 Å². The third-order valence-corrected chi connectivity index (χ3v) is 3.69. The van der Waals surface area contributed by atoms with Crippen LogP contribution in [0.2, 0.25) is 0 Å². The van der Waals surface area contributed by atoms with Crippen LogP contribution in [-0.2, 0) is 0 Å². The molecule has 0 bridgehead atoms. The molecule has 0 aliphatic rings. The van der Waals surface area contributed by atoms with Crippen LogP contribution < -0.4 is 0 Å². The summed E-state index contributed by atoms with van der Waals surface area (Å²) in [6, 6.07) is 5.77. The van der Waals surface area contributed by atoms with Gasteiger partial charge in [0, 0.05) is 23.1 Å². The SMILES string of the molecule is [C-]#[N+]c1cn(C(C)C)c2ccc(-n3nc(C)c(C(=O)O)n3)cc12. The van der Waals surface area contributed by atoms with E-state index in [0.29, 0.717) is 17.1 Å². The van der Waals surface area contributed by atoms with E-state index in [-0.39, 0.29) is 11.7 Å². The van der Waals surface area contributed by atoms with Crippen LogP contribution in [0.1, 0.15) is 36.1 Å². The average Bonchev–Trinajstić information content (AvgIpc) is 3.07. The van der Waals surface area contributed by atoms with E-state index < -0.39 is 5.97 Å². The zero-order valence-corrected chi connectivity index (χ0v) is 13.0. The van der Waals surface area contributed by atoms with Gasteiger partial charge >= 0.3 is 5.97 Å². The number of aromatic nitrogens is 4. The second-order valence-corrected chi connectivity index (χ2v) is 5.56. The van der Waals surface area contributed by atoms with Crippen LogP contribution >= 0.6 is 0 Å². The molecule has 0 spiro atoms. The van der Waals surface area contributed by atoms with Crippen LogP contribution in [0.4, 0.5) is 5.69 Å². The van der Waals surface area contributed by atoms with Gasteiger partial charge in [0.1, 0.15) is 0 Å². The Balaban J connectivity index is 2.19. The minimum absolute atomic E-state index is 0.0738. The third-order valence-electron chi connectivity index (χ3n) is 3.69. The fraction of sp³-hybridized carbons (Fsp3) is 0.250. The molecule has 7 nitrogen and oxygen atoms in total. The molecule has 1 N–H and O–H groups in total.